The topological polar surface area (TPSA) is 379 Å². The number of aliphatic hydroxyl groups is 10. The summed E-state index contributed by atoms with van der Waals surface area (Å²) in [5, 5.41) is 118. The lowest BCUT2D eigenvalue weighted by Gasteiger charge is -2.48. The third kappa shape index (κ3) is 10.2. The molecule has 3 saturated heterocycles. The van der Waals surface area contributed by atoms with Crippen molar-refractivity contribution in [1.29, 1.82) is 0 Å². The SMILES string of the molecule is CC(=O)N[C@H]1[C@H](OCCCN)O[C@H](CO)[C@@H](O[C@@H]2O[C@H](CO[C@@]3(C(=O)O)C[C@H](O)[C@@H](NC(=O)CO)[C@H]([C@H](O)[C@H](O)CO)O3)[C@H](O)[C@H](O)[C@H]2O)[C@@H]1O. The van der Waals surface area contributed by atoms with Gasteiger partial charge in [-0.1, -0.05) is 0 Å². The summed E-state index contributed by atoms with van der Waals surface area (Å²) in [6, 6.07) is -2.92. The number of nitrogens with one attached hydrogen (secondary N) is 2. The second-order valence-corrected chi connectivity index (χ2v) is 12.3. The highest BCUT2D eigenvalue weighted by molar-refractivity contribution is 5.78. The van der Waals surface area contributed by atoms with E-state index in [0.29, 0.717) is 6.42 Å². The molecule has 2 amide bonds. The molecule has 0 radical (unpaired) electrons. The van der Waals surface area contributed by atoms with Gasteiger partial charge in [0.25, 0.3) is 5.79 Å². The van der Waals surface area contributed by atoms with Crippen LogP contribution >= 0.6 is 0 Å². The Morgan fingerprint density at radius 3 is 2.16 bits per heavy atom. The predicted molar refractivity (Wildman–Crippen MR) is 160 cm³/mol. The molecule has 3 rings (SSSR count). The van der Waals surface area contributed by atoms with Gasteiger partial charge in [-0.15, -0.1) is 0 Å². The molecule has 0 aromatic rings. The first-order valence-corrected chi connectivity index (χ1v) is 16.0. The quantitative estimate of drug-likeness (QED) is 0.0614. The molecule has 3 aliphatic heterocycles. The highest BCUT2D eigenvalue weighted by atomic mass is 16.8. The Kier molecular flexibility index (Phi) is 16.2. The van der Waals surface area contributed by atoms with Crippen molar-refractivity contribution in [2.24, 2.45) is 5.73 Å². The Bertz CT molecular complexity index is 1140. The van der Waals surface area contributed by atoms with E-state index in [4.69, 9.17) is 39.3 Å². The summed E-state index contributed by atoms with van der Waals surface area (Å²) in [4.78, 5) is 36.3. The maximum Gasteiger partial charge on any atom is 0.364 e. The molecule has 3 heterocycles. The molecule has 0 aliphatic carbocycles. The van der Waals surface area contributed by atoms with E-state index < -0.39 is 148 Å². The fraction of sp³-hybridized carbons (Fsp3) is 0.893. The van der Waals surface area contributed by atoms with Crippen molar-refractivity contribution in [2.45, 2.75) is 117 Å². The minimum Gasteiger partial charge on any atom is -0.477 e. The molecule has 0 aromatic carbocycles. The van der Waals surface area contributed by atoms with Gasteiger partial charge >= 0.3 is 5.97 Å². The Balaban J connectivity index is 1.83. The third-order valence-corrected chi connectivity index (χ3v) is 8.58. The third-order valence-electron chi connectivity index (χ3n) is 8.58. The van der Waals surface area contributed by atoms with Gasteiger partial charge in [0.15, 0.2) is 12.6 Å². The number of carbonyl (C=O) groups is 3. The lowest BCUT2D eigenvalue weighted by Crippen LogP contribution is -2.69. The fourth-order valence-electron chi connectivity index (χ4n) is 5.86. The van der Waals surface area contributed by atoms with Crippen molar-refractivity contribution in [3.63, 3.8) is 0 Å². The van der Waals surface area contributed by atoms with Crippen molar-refractivity contribution in [2.75, 3.05) is 39.6 Å². The number of ether oxygens (including phenoxy) is 6. The smallest absolute Gasteiger partial charge is 0.364 e. The number of nitrogens with two attached hydrogens (primary N) is 1. The number of carbonyl (C=O) groups excluding carboxylic acids is 2. The molecule has 0 spiro atoms. The van der Waals surface area contributed by atoms with E-state index in [9.17, 15) is 65.4 Å². The highest BCUT2D eigenvalue weighted by Gasteiger charge is 2.57. The lowest BCUT2D eigenvalue weighted by molar-refractivity contribution is -0.360. The zero-order chi connectivity index (χ0) is 38.2. The minimum absolute atomic E-state index is 0.0576. The first-order valence-electron chi connectivity index (χ1n) is 16.0. The van der Waals surface area contributed by atoms with Gasteiger partial charge in [-0.25, -0.2) is 4.79 Å². The van der Waals surface area contributed by atoms with Crippen LogP contribution in [0.3, 0.4) is 0 Å². The first kappa shape index (κ1) is 43.1. The van der Waals surface area contributed by atoms with Gasteiger partial charge in [-0.2, -0.15) is 0 Å². The number of carboxylic acid groups (broad SMARTS) is 1. The van der Waals surface area contributed by atoms with Crippen LogP contribution in [0.15, 0.2) is 0 Å². The molecule has 16 atom stereocenters. The average Bonchev–Trinajstić information content (AvgIpc) is 3.10. The summed E-state index contributed by atoms with van der Waals surface area (Å²) < 4.78 is 33.6. The number of carboxylic acids is 1. The van der Waals surface area contributed by atoms with Crippen LogP contribution in [0, 0.1) is 0 Å². The van der Waals surface area contributed by atoms with Crippen LogP contribution in [0.25, 0.3) is 0 Å². The van der Waals surface area contributed by atoms with E-state index in [1.165, 1.54) is 0 Å². The Morgan fingerprint density at radius 2 is 1.59 bits per heavy atom. The molecule has 15 N–H and O–H groups in total. The number of amides is 2. The fourth-order valence-corrected chi connectivity index (χ4v) is 5.86. The molecule has 0 bridgehead atoms. The van der Waals surface area contributed by atoms with Crippen molar-refractivity contribution < 1.29 is 99.0 Å². The van der Waals surface area contributed by atoms with Crippen LogP contribution < -0.4 is 16.4 Å². The normalized spacial score (nSPS) is 39.9. The summed E-state index contributed by atoms with van der Waals surface area (Å²) in [5.74, 6) is -6.50. The lowest BCUT2D eigenvalue weighted by atomic mass is 9.88. The second kappa shape index (κ2) is 19.2. The van der Waals surface area contributed by atoms with E-state index in [-0.39, 0.29) is 13.2 Å². The van der Waals surface area contributed by atoms with Gasteiger partial charge in [-0.3, -0.25) is 9.59 Å². The van der Waals surface area contributed by atoms with Gasteiger partial charge in [0, 0.05) is 13.3 Å². The molecule has 3 aliphatic rings. The molecule has 0 aromatic heterocycles. The van der Waals surface area contributed by atoms with Crippen LogP contribution in [0.1, 0.15) is 19.8 Å². The van der Waals surface area contributed by atoms with E-state index in [0.717, 1.165) is 6.92 Å². The van der Waals surface area contributed by atoms with Gasteiger partial charge in [-0.05, 0) is 13.0 Å². The van der Waals surface area contributed by atoms with Crippen molar-refractivity contribution >= 4 is 17.8 Å². The van der Waals surface area contributed by atoms with Crippen LogP contribution in [-0.4, -0.2) is 211 Å². The number of rotatable bonds is 17. The van der Waals surface area contributed by atoms with Gasteiger partial charge in [0.2, 0.25) is 11.8 Å². The largest absolute Gasteiger partial charge is 0.477 e. The van der Waals surface area contributed by atoms with E-state index in [2.05, 4.69) is 10.6 Å². The summed E-state index contributed by atoms with van der Waals surface area (Å²) in [5.41, 5.74) is 5.48. The summed E-state index contributed by atoms with van der Waals surface area (Å²) in [6.45, 7) is -2.47. The maximum absolute atomic E-state index is 12.5. The molecule has 3 fully saturated rings. The molecule has 51 heavy (non-hydrogen) atoms. The van der Waals surface area contributed by atoms with Crippen LogP contribution in [-0.2, 0) is 42.8 Å². The molecule has 0 saturated carbocycles. The summed E-state index contributed by atoms with van der Waals surface area (Å²) in [7, 11) is 0. The van der Waals surface area contributed by atoms with Gasteiger partial charge < -0.3 is 101 Å². The molecule has 0 unspecified atom stereocenters. The van der Waals surface area contributed by atoms with Crippen LogP contribution in [0.5, 0.6) is 0 Å². The van der Waals surface area contributed by atoms with E-state index in [1.807, 2.05) is 0 Å². The van der Waals surface area contributed by atoms with Crippen molar-refractivity contribution in [1.82, 2.24) is 10.6 Å². The average molecular weight is 748 g/mol. The number of aliphatic hydroxyl groups excluding tert-OH is 10. The van der Waals surface area contributed by atoms with E-state index in [1.54, 1.807) is 0 Å². The number of hydrogen-bond donors (Lipinski definition) is 14. The van der Waals surface area contributed by atoms with Gasteiger partial charge in [0.05, 0.1) is 38.6 Å². The van der Waals surface area contributed by atoms with Gasteiger partial charge in [0.1, 0.15) is 73.7 Å². The predicted octanol–water partition coefficient (Wildman–Crippen LogP) is -8.73. The Labute approximate surface area is 290 Å². The number of aliphatic carboxylic acids is 1. The van der Waals surface area contributed by atoms with Crippen LogP contribution in [0.4, 0.5) is 0 Å². The monoisotopic (exact) mass is 747 g/mol. The first-order chi connectivity index (χ1) is 24.0. The number of hydrogen-bond acceptors (Lipinski definition) is 20. The Morgan fingerprint density at radius 1 is 0.922 bits per heavy atom. The molecular weight excluding hydrogens is 698 g/mol. The molecule has 23 nitrogen and oxygen atoms in total. The standard InChI is InChI=1S/C28H49N3O20/c1-10(35)30-17-20(41)23(13(7-33)48-25(17)46-4-2-3-29)50-26-22(43)21(42)19(40)14(49-26)9-47-28(27(44)45)5-11(36)16(31-15(38)8-34)24(51-28)18(39)12(37)6-32/h11-14,16-26,32-34,36-37,39-43H,2-9,29H2,1H3,(H,30,35)(H,31,38)(H,44,45)/t11-,12+,13+,14+,16+,17+,18+,19-,20+,21-,22+,23+,24+,25+,26-,28-/m0/s1. The summed E-state index contributed by atoms with van der Waals surface area (Å²) >= 11 is 0. The highest BCUT2D eigenvalue weighted by Crippen LogP contribution is 2.35. The summed E-state index contributed by atoms with van der Waals surface area (Å²) in [6.07, 6.45) is -24.3. The molecule has 296 valence electrons. The Hall–Kier alpha value is -2.27. The van der Waals surface area contributed by atoms with Crippen molar-refractivity contribution in [3.8, 4) is 0 Å². The van der Waals surface area contributed by atoms with Crippen LogP contribution in [0.2, 0.25) is 0 Å². The zero-order valence-corrected chi connectivity index (χ0v) is 27.5. The molecule has 23 heteroatoms. The van der Waals surface area contributed by atoms with Crippen molar-refractivity contribution in [3.05, 3.63) is 0 Å². The second-order valence-electron chi connectivity index (χ2n) is 12.3. The zero-order valence-electron chi connectivity index (χ0n) is 27.5. The maximum atomic E-state index is 12.5. The molecular formula is C28H49N3O20. The minimum atomic E-state index is -2.90. The van der Waals surface area contributed by atoms with E-state index >= 15 is 0 Å².